The van der Waals surface area contributed by atoms with Gasteiger partial charge >= 0.3 is 0 Å². The van der Waals surface area contributed by atoms with Crippen molar-refractivity contribution in [3.05, 3.63) is 47.7 Å². The van der Waals surface area contributed by atoms with Crippen molar-refractivity contribution in [2.75, 3.05) is 25.4 Å². The standard InChI is InChI=1S/C16H20N4O2/c1-12-9-15(17)20(18-12)11-16(21)19-7-8-22-14(10-19)13-5-3-2-4-6-13/h2-6,9,14H,7-8,10-11,17H2,1H3/t14-/m0/s1. The molecule has 1 atom stereocenters. The lowest BCUT2D eigenvalue weighted by molar-refractivity contribution is -0.139. The Balaban J connectivity index is 1.67. The molecule has 116 valence electrons. The van der Waals surface area contributed by atoms with Crippen LogP contribution in [0.4, 0.5) is 5.82 Å². The van der Waals surface area contributed by atoms with Crippen LogP contribution in [0.5, 0.6) is 0 Å². The third-order valence-electron chi connectivity index (χ3n) is 3.81. The second kappa shape index (κ2) is 6.19. The molecule has 22 heavy (non-hydrogen) atoms. The molecule has 1 saturated heterocycles. The highest BCUT2D eigenvalue weighted by molar-refractivity contribution is 5.76. The predicted octanol–water partition coefficient (Wildman–Crippen LogP) is 1.37. The molecule has 1 aliphatic heterocycles. The summed E-state index contributed by atoms with van der Waals surface area (Å²) in [6.45, 7) is 3.73. The van der Waals surface area contributed by atoms with Gasteiger partial charge < -0.3 is 15.4 Å². The Morgan fingerprint density at radius 1 is 1.41 bits per heavy atom. The van der Waals surface area contributed by atoms with Gasteiger partial charge in [0.2, 0.25) is 5.91 Å². The molecule has 0 unspecified atom stereocenters. The summed E-state index contributed by atoms with van der Waals surface area (Å²) in [5, 5.41) is 4.24. The molecule has 0 aliphatic carbocycles. The summed E-state index contributed by atoms with van der Waals surface area (Å²) in [7, 11) is 0. The second-order valence-electron chi connectivity index (χ2n) is 5.48. The molecule has 1 aliphatic rings. The lowest BCUT2D eigenvalue weighted by Crippen LogP contribution is -2.43. The summed E-state index contributed by atoms with van der Waals surface area (Å²) in [6, 6.07) is 11.7. The number of aryl methyl sites for hydroxylation is 1. The number of benzene rings is 1. The third-order valence-corrected chi connectivity index (χ3v) is 3.81. The number of carbonyl (C=O) groups is 1. The van der Waals surface area contributed by atoms with Gasteiger partial charge in [0.1, 0.15) is 18.5 Å². The molecular weight excluding hydrogens is 280 g/mol. The zero-order chi connectivity index (χ0) is 15.5. The Bertz CT molecular complexity index is 653. The highest BCUT2D eigenvalue weighted by Gasteiger charge is 2.25. The number of nitrogen functional groups attached to an aromatic ring is 1. The van der Waals surface area contributed by atoms with Crippen molar-refractivity contribution in [3.63, 3.8) is 0 Å². The van der Waals surface area contributed by atoms with Crippen LogP contribution in [0.3, 0.4) is 0 Å². The van der Waals surface area contributed by atoms with E-state index in [1.807, 2.05) is 42.2 Å². The molecular formula is C16H20N4O2. The average molecular weight is 300 g/mol. The van der Waals surface area contributed by atoms with Crippen LogP contribution in [0.1, 0.15) is 17.4 Å². The van der Waals surface area contributed by atoms with Gasteiger partial charge in [-0.1, -0.05) is 30.3 Å². The van der Waals surface area contributed by atoms with E-state index < -0.39 is 0 Å². The van der Waals surface area contributed by atoms with Crippen molar-refractivity contribution < 1.29 is 9.53 Å². The zero-order valence-electron chi connectivity index (χ0n) is 12.6. The van der Waals surface area contributed by atoms with E-state index in [4.69, 9.17) is 10.5 Å². The first kappa shape index (κ1) is 14.6. The number of aromatic nitrogens is 2. The molecule has 1 amide bonds. The molecule has 0 radical (unpaired) electrons. The van der Waals surface area contributed by atoms with Crippen molar-refractivity contribution in [2.24, 2.45) is 0 Å². The molecule has 1 aromatic carbocycles. The van der Waals surface area contributed by atoms with Gasteiger partial charge in [0.15, 0.2) is 0 Å². The summed E-state index contributed by atoms with van der Waals surface area (Å²) < 4.78 is 7.33. The highest BCUT2D eigenvalue weighted by atomic mass is 16.5. The number of rotatable bonds is 3. The fourth-order valence-corrected chi connectivity index (χ4v) is 2.67. The normalized spacial score (nSPS) is 18.4. The molecule has 3 rings (SSSR count). The van der Waals surface area contributed by atoms with Gasteiger partial charge in [-0.05, 0) is 12.5 Å². The maximum atomic E-state index is 12.5. The average Bonchev–Trinajstić information content (AvgIpc) is 2.86. The van der Waals surface area contributed by atoms with E-state index >= 15 is 0 Å². The number of carbonyl (C=O) groups excluding carboxylic acids is 1. The van der Waals surface area contributed by atoms with Gasteiger partial charge in [0.25, 0.3) is 0 Å². The lowest BCUT2D eigenvalue weighted by Gasteiger charge is -2.33. The number of nitrogens with zero attached hydrogens (tertiary/aromatic N) is 3. The van der Waals surface area contributed by atoms with E-state index in [2.05, 4.69) is 5.10 Å². The van der Waals surface area contributed by atoms with Gasteiger partial charge in [-0.15, -0.1) is 0 Å². The van der Waals surface area contributed by atoms with Gasteiger partial charge in [-0.3, -0.25) is 4.79 Å². The quantitative estimate of drug-likeness (QED) is 0.929. The first-order chi connectivity index (χ1) is 10.6. The Morgan fingerprint density at radius 3 is 2.86 bits per heavy atom. The zero-order valence-corrected chi connectivity index (χ0v) is 12.6. The maximum Gasteiger partial charge on any atom is 0.244 e. The van der Waals surface area contributed by atoms with E-state index in [9.17, 15) is 4.79 Å². The van der Waals surface area contributed by atoms with Crippen LogP contribution in [0.25, 0.3) is 0 Å². The molecule has 0 saturated carbocycles. The van der Waals surface area contributed by atoms with Crippen LogP contribution in [0.15, 0.2) is 36.4 Å². The van der Waals surface area contributed by atoms with Gasteiger partial charge in [-0.2, -0.15) is 5.10 Å². The SMILES string of the molecule is Cc1cc(N)n(CC(=O)N2CCO[C@H](c3ccccc3)C2)n1. The van der Waals surface area contributed by atoms with E-state index in [-0.39, 0.29) is 18.6 Å². The highest BCUT2D eigenvalue weighted by Crippen LogP contribution is 2.22. The first-order valence-corrected chi connectivity index (χ1v) is 7.38. The van der Waals surface area contributed by atoms with Crippen molar-refractivity contribution in [2.45, 2.75) is 19.6 Å². The summed E-state index contributed by atoms with van der Waals surface area (Å²) in [4.78, 5) is 14.3. The molecule has 0 spiro atoms. The Labute approximate surface area is 129 Å². The van der Waals surface area contributed by atoms with Crippen molar-refractivity contribution in [3.8, 4) is 0 Å². The summed E-state index contributed by atoms with van der Waals surface area (Å²) >= 11 is 0. The van der Waals surface area contributed by atoms with Gasteiger partial charge in [-0.25, -0.2) is 4.68 Å². The van der Waals surface area contributed by atoms with E-state index in [1.54, 1.807) is 10.7 Å². The minimum atomic E-state index is -0.0735. The van der Waals surface area contributed by atoms with Crippen LogP contribution in [0.2, 0.25) is 0 Å². The van der Waals surface area contributed by atoms with Gasteiger partial charge in [0.05, 0.1) is 18.8 Å². The van der Waals surface area contributed by atoms with Crippen LogP contribution < -0.4 is 5.73 Å². The first-order valence-electron chi connectivity index (χ1n) is 7.38. The molecule has 2 heterocycles. The molecule has 6 heteroatoms. The topological polar surface area (TPSA) is 73.4 Å². The summed E-state index contributed by atoms with van der Waals surface area (Å²) in [5.74, 6) is 0.526. The molecule has 1 aromatic heterocycles. The smallest absolute Gasteiger partial charge is 0.244 e. The molecule has 1 fully saturated rings. The van der Waals surface area contributed by atoms with Crippen molar-refractivity contribution >= 4 is 11.7 Å². The monoisotopic (exact) mass is 300 g/mol. The number of amides is 1. The maximum absolute atomic E-state index is 12.5. The fraction of sp³-hybridized carbons (Fsp3) is 0.375. The van der Waals surface area contributed by atoms with Crippen LogP contribution in [0, 0.1) is 6.92 Å². The Kier molecular flexibility index (Phi) is 4.11. The molecule has 2 aromatic rings. The Morgan fingerprint density at radius 2 is 2.18 bits per heavy atom. The van der Waals surface area contributed by atoms with E-state index in [1.165, 1.54) is 0 Å². The van der Waals surface area contributed by atoms with Crippen LogP contribution in [-0.2, 0) is 16.1 Å². The Hall–Kier alpha value is -2.34. The largest absolute Gasteiger partial charge is 0.384 e. The number of nitrogens with two attached hydrogens (primary N) is 1. The predicted molar refractivity (Wildman–Crippen MR) is 83.1 cm³/mol. The molecule has 2 N–H and O–H groups in total. The number of hydrogen-bond acceptors (Lipinski definition) is 4. The minimum absolute atomic E-state index is 0.0130. The number of hydrogen-bond donors (Lipinski definition) is 1. The molecule has 6 nitrogen and oxygen atoms in total. The van der Waals surface area contributed by atoms with Crippen LogP contribution >= 0.6 is 0 Å². The summed E-state index contributed by atoms with van der Waals surface area (Å²) in [5.41, 5.74) is 7.75. The third kappa shape index (κ3) is 3.12. The minimum Gasteiger partial charge on any atom is -0.384 e. The number of morpholine rings is 1. The number of ether oxygens (including phenoxy) is 1. The summed E-state index contributed by atoms with van der Waals surface area (Å²) in [6.07, 6.45) is -0.0735. The van der Waals surface area contributed by atoms with Crippen molar-refractivity contribution in [1.82, 2.24) is 14.7 Å². The fourth-order valence-electron chi connectivity index (χ4n) is 2.67. The lowest BCUT2D eigenvalue weighted by atomic mass is 10.1. The number of anilines is 1. The van der Waals surface area contributed by atoms with Crippen LogP contribution in [-0.4, -0.2) is 40.3 Å². The van der Waals surface area contributed by atoms with E-state index in [0.29, 0.717) is 25.5 Å². The van der Waals surface area contributed by atoms with E-state index in [0.717, 1.165) is 11.3 Å². The second-order valence-corrected chi connectivity index (χ2v) is 5.48. The molecule has 0 bridgehead atoms. The van der Waals surface area contributed by atoms with Gasteiger partial charge in [0, 0.05) is 12.6 Å². The van der Waals surface area contributed by atoms with Crippen molar-refractivity contribution in [1.29, 1.82) is 0 Å².